The Morgan fingerprint density at radius 1 is 1.41 bits per heavy atom. The lowest BCUT2D eigenvalue weighted by Crippen LogP contribution is -2.49. The number of hydrogen-bond acceptors (Lipinski definition) is 4. The first-order valence-corrected chi connectivity index (χ1v) is 7.84. The zero-order chi connectivity index (χ0) is 12.6. The molecular formula is C11H19N3O2S. The zero-order valence-corrected chi connectivity index (χ0v) is 11.4. The van der Waals surface area contributed by atoms with Crippen LogP contribution in [0.1, 0.15) is 17.4 Å². The zero-order valence-electron chi connectivity index (χ0n) is 10.5. The van der Waals surface area contributed by atoms with Gasteiger partial charge in [0.1, 0.15) is 9.84 Å². The molecule has 17 heavy (non-hydrogen) atoms. The normalized spacial score (nSPS) is 18.3. The van der Waals surface area contributed by atoms with E-state index in [2.05, 4.69) is 23.0 Å². The van der Waals surface area contributed by atoms with Gasteiger partial charge >= 0.3 is 0 Å². The maximum Gasteiger partial charge on any atom is 0.148 e. The van der Waals surface area contributed by atoms with Crippen LogP contribution in [0.25, 0.3) is 0 Å². The molecule has 6 heteroatoms. The van der Waals surface area contributed by atoms with Crippen LogP contribution in [0, 0.1) is 13.8 Å². The quantitative estimate of drug-likeness (QED) is 0.783. The van der Waals surface area contributed by atoms with E-state index < -0.39 is 9.84 Å². The third-order valence-electron chi connectivity index (χ3n) is 3.11. The third-order valence-corrected chi connectivity index (χ3v) is 4.03. The number of aromatic nitrogens is 2. The van der Waals surface area contributed by atoms with Crippen LogP contribution in [0.15, 0.2) is 6.07 Å². The van der Waals surface area contributed by atoms with Crippen molar-refractivity contribution in [2.45, 2.75) is 19.9 Å². The summed E-state index contributed by atoms with van der Waals surface area (Å²) >= 11 is 0. The minimum absolute atomic E-state index is 0.247. The van der Waals surface area contributed by atoms with Gasteiger partial charge in [0.05, 0.1) is 17.5 Å². The molecule has 2 rings (SSSR count). The van der Waals surface area contributed by atoms with Crippen molar-refractivity contribution in [2.75, 3.05) is 31.6 Å². The van der Waals surface area contributed by atoms with Crippen LogP contribution in [0.2, 0.25) is 0 Å². The molecule has 1 fully saturated rings. The van der Waals surface area contributed by atoms with Gasteiger partial charge in [0.25, 0.3) is 0 Å². The van der Waals surface area contributed by atoms with Crippen LogP contribution >= 0.6 is 0 Å². The second-order valence-electron chi connectivity index (χ2n) is 4.91. The summed E-state index contributed by atoms with van der Waals surface area (Å²) in [6.45, 7) is 6.48. The Morgan fingerprint density at radius 3 is 2.53 bits per heavy atom. The first kappa shape index (κ1) is 12.6. The molecule has 5 nitrogen and oxygen atoms in total. The van der Waals surface area contributed by atoms with Crippen molar-refractivity contribution in [2.24, 2.45) is 0 Å². The predicted molar refractivity (Wildman–Crippen MR) is 66.9 cm³/mol. The van der Waals surface area contributed by atoms with E-state index in [4.69, 9.17) is 0 Å². The summed E-state index contributed by atoms with van der Waals surface area (Å²) in [6, 6.07) is 2.47. The van der Waals surface area contributed by atoms with E-state index in [1.807, 2.05) is 11.6 Å². The highest BCUT2D eigenvalue weighted by atomic mass is 32.2. The van der Waals surface area contributed by atoms with Crippen LogP contribution in [-0.4, -0.2) is 54.7 Å². The topological polar surface area (TPSA) is 55.2 Å². The largest absolute Gasteiger partial charge is 0.298 e. The first-order valence-electron chi connectivity index (χ1n) is 5.78. The fraction of sp³-hybridized carbons (Fsp3) is 0.727. The summed E-state index contributed by atoms with van der Waals surface area (Å²) in [5.41, 5.74) is 2.22. The molecule has 1 aromatic rings. The highest BCUT2D eigenvalue weighted by Crippen LogP contribution is 2.22. The lowest BCUT2D eigenvalue weighted by atomic mass is 10.1. The minimum Gasteiger partial charge on any atom is -0.298 e. The highest BCUT2D eigenvalue weighted by molar-refractivity contribution is 7.90. The van der Waals surface area contributed by atoms with Crippen LogP contribution in [0.5, 0.6) is 0 Å². The van der Waals surface area contributed by atoms with Crippen molar-refractivity contribution in [3.63, 3.8) is 0 Å². The van der Waals surface area contributed by atoms with Crippen molar-refractivity contribution in [3.05, 3.63) is 17.5 Å². The Kier molecular flexibility index (Phi) is 3.27. The summed E-state index contributed by atoms with van der Waals surface area (Å²) in [6.07, 6.45) is 1.28. The van der Waals surface area contributed by atoms with Crippen molar-refractivity contribution < 1.29 is 8.42 Å². The summed E-state index contributed by atoms with van der Waals surface area (Å²) in [5, 5.41) is 4.45. The molecule has 0 spiro atoms. The lowest BCUT2D eigenvalue weighted by molar-refractivity contribution is 0.104. The summed E-state index contributed by atoms with van der Waals surface area (Å²) in [4.78, 5) is 2.15. The molecule has 0 atom stereocenters. The average molecular weight is 257 g/mol. The maximum absolute atomic E-state index is 11.0. The molecule has 0 bridgehead atoms. The van der Waals surface area contributed by atoms with Crippen LogP contribution < -0.4 is 0 Å². The van der Waals surface area contributed by atoms with E-state index in [-0.39, 0.29) is 5.75 Å². The molecular weight excluding hydrogens is 238 g/mol. The number of hydrogen-bond donors (Lipinski definition) is 0. The predicted octanol–water partition coefficient (Wildman–Crippen LogP) is 0.401. The van der Waals surface area contributed by atoms with Gasteiger partial charge in [-0.1, -0.05) is 0 Å². The second-order valence-corrected chi connectivity index (χ2v) is 7.17. The number of likely N-dealkylation sites (tertiary alicyclic amines) is 1. The summed E-state index contributed by atoms with van der Waals surface area (Å²) in [7, 11) is -2.85. The van der Waals surface area contributed by atoms with E-state index in [1.165, 1.54) is 11.9 Å². The van der Waals surface area contributed by atoms with E-state index in [0.29, 0.717) is 12.6 Å². The Balaban J connectivity index is 1.85. The Labute approximate surface area is 102 Å². The molecule has 0 saturated carbocycles. The minimum atomic E-state index is -2.85. The van der Waals surface area contributed by atoms with Crippen molar-refractivity contribution in [3.8, 4) is 0 Å². The van der Waals surface area contributed by atoms with Gasteiger partial charge in [-0.2, -0.15) is 5.10 Å². The van der Waals surface area contributed by atoms with Gasteiger partial charge in [0.2, 0.25) is 0 Å². The molecule has 0 aromatic carbocycles. The smallest absolute Gasteiger partial charge is 0.148 e. The first-order chi connectivity index (χ1) is 7.85. The van der Waals surface area contributed by atoms with E-state index in [9.17, 15) is 8.42 Å². The van der Waals surface area contributed by atoms with Gasteiger partial charge in [-0.05, 0) is 19.9 Å². The van der Waals surface area contributed by atoms with Gasteiger partial charge in [-0.3, -0.25) is 9.58 Å². The van der Waals surface area contributed by atoms with Gasteiger partial charge in [-0.15, -0.1) is 0 Å². The van der Waals surface area contributed by atoms with Crippen molar-refractivity contribution in [1.29, 1.82) is 0 Å². The van der Waals surface area contributed by atoms with E-state index >= 15 is 0 Å². The standard InChI is InChI=1S/C11H19N3O2S/c1-9-6-10(2)14(12-9)11-7-13(8-11)4-5-17(3,15)16/h6,11H,4-5,7-8H2,1-3H3. The van der Waals surface area contributed by atoms with E-state index in [1.54, 1.807) is 0 Å². The van der Waals surface area contributed by atoms with Gasteiger partial charge < -0.3 is 0 Å². The summed E-state index contributed by atoms with van der Waals surface area (Å²) in [5.74, 6) is 0.247. The molecule has 1 aliphatic heterocycles. The average Bonchev–Trinajstić information content (AvgIpc) is 2.41. The van der Waals surface area contributed by atoms with Gasteiger partial charge in [0.15, 0.2) is 0 Å². The fourth-order valence-electron chi connectivity index (χ4n) is 2.19. The molecule has 0 amide bonds. The molecule has 1 aliphatic rings. The monoisotopic (exact) mass is 257 g/mol. The molecule has 0 unspecified atom stereocenters. The molecule has 0 radical (unpaired) electrons. The number of sulfone groups is 1. The molecule has 0 N–H and O–H groups in total. The molecule has 2 heterocycles. The summed E-state index contributed by atoms with van der Waals surface area (Å²) < 4.78 is 24.1. The molecule has 96 valence electrons. The SMILES string of the molecule is Cc1cc(C)n(C2CN(CCS(C)(=O)=O)C2)n1. The molecule has 1 saturated heterocycles. The highest BCUT2D eigenvalue weighted by Gasteiger charge is 2.29. The van der Waals surface area contributed by atoms with Crippen LogP contribution in [-0.2, 0) is 9.84 Å². The van der Waals surface area contributed by atoms with Gasteiger partial charge in [0, 0.05) is 31.6 Å². The maximum atomic E-state index is 11.0. The lowest BCUT2D eigenvalue weighted by Gasteiger charge is -2.39. The molecule has 1 aromatic heterocycles. The number of rotatable bonds is 4. The number of nitrogens with zero attached hydrogens (tertiary/aromatic N) is 3. The van der Waals surface area contributed by atoms with Crippen molar-refractivity contribution in [1.82, 2.24) is 14.7 Å². The fourth-order valence-corrected chi connectivity index (χ4v) is 2.78. The molecule has 0 aliphatic carbocycles. The van der Waals surface area contributed by atoms with Crippen molar-refractivity contribution >= 4 is 9.84 Å². The Hall–Kier alpha value is -0.880. The third kappa shape index (κ3) is 3.07. The Morgan fingerprint density at radius 2 is 2.06 bits per heavy atom. The van der Waals surface area contributed by atoms with Crippen LogP contribution in [0.3, 0.4) is 0 Å². The number of aryl methyl sites for hydroxylation is 2. The van der Waals surface area contributed by atoms with Crippen LogP contribution in [0.4, 0.5) is 0 Å². The Bertz CT molecular complexity index is 501. The van der Waals surface area contributed by atoms with Gasteiger partial charge in [-0.25, -0.2) is 8.42 Å². The second kappa shape index (κ2) is 4.42. The van der Waals surface area contributed by atoms with E-state index in [0.717, 1.165) is 18.8 Å².